The van der Waals surface area contributed by atoms with E-state index in [0.717, 1.165) is 28.0 Å². The fourth-order valence-corrected chi connectivity index (χ4v) is 2.75. The van der Waals surface area contributed by atoms with Gasteiger partial charge in [-0.3, -0.25) is 9.78 Å². The Hall–Kier alpha value is -3.60. The second-order valence-corrected chi connectivity index (χ2v) is 6.11. The summed E-state index contributed by atoms with van der Waals surface area (Å²) in [6.07, 6.45) is 3.36. The van der Waals surface area contributed by atoms with Crippen molar-refractivity contribution in [1.29, 1.82) is 0 Å². The van der Waals surface area contributed by atoms with Crippen LogP contribution in [0.2, 0.25) is 0 Å². The van der Waals surface area contributed by atoms with Gasteiger partial charge in [0, 0.05) is 23.7 Å². The Bertz CT molecular complexity index is 1040. The first-order valence-corrected chi connectivity index (χ1v) is 8.65. The molecule has 1 amide bonds. The summed E-state index contributed by atoms with van der Waals surface area (Å²) in [5.74, 6) is 1.42. The molecular weight excluding hydrogens is 340 g/mol. The Labute approximate surface area is 156 Å². The molecule has 5 nitrogen and oxygen atoms in total. The fraction of sp³-hybridized carbons (Fsp3) is 0.0909. The summed E-state index contributed by atoms with van der Waals surface area (Å²) in [5.41, 5.74) is 2.49. The average molecular weight is 358 g/mol. The van der Waals surface area contributed by atoms with E-state index in [1.807, 2.05) is 60.7 Å². The van der Waals surface area contributed by atoms with E-state index in [4.69, 9.17) is 9.15 Å². The van der Waals surface area contributed by atoms with Crippen LogP contribution in [0.4, 0.5) is 0 Å². The minimum absolute atomic E-state index is 0.112. The van der Waals surface area contributed by atoms with Crippen LogP contribution in [0.1, 0.15) is 21.7 Å². The molecule has 1 N–H and O–H groups in total. The van der Waals surface area contributed by atoms with Crippen LogP contribution in [0.3, 0.4) is 0 Å². The second-order valence-electron chi connectivity index (χ2n) is 6.11. The smallest absolute Gasteiger partial charge is 0.251 e. The van der Waals surface area contributed by atoms with Crippen LogP contribution in [0.25, 0.3) is 10.9 Å². The minimum atomic E-state index is -0.112. The molecule has 0 saturated heterocycles. The molecule has 2 aromatic heterocycles. The zero-order chi connectivity index (χ0) is 18.5. The minimum Gasteiger partial charge on any atom is -0.486 e. The van der Waals surface area contributed by atoms with Crippen LogP contribution >= 0.6 is 0 Å². The van der Waals surface area contributed by atoms with Crippen molar-refractivity contribution in [2.75, 3.05) is 0 Å². The maximum atomic E-state index is 12.4. The number of amides is 1. The van der Waals surface area contributed by atoms with Gasteiger partial charge < -0.3 is 14.5 Å². The number of furan rings is 1. The van der Waals surface area contributed by atoms with E-state index in [-0.39, 0.29) is 5.91 Å². The fourth-order valence-electron chi connectivity index (χ4n) is 2.75. The average Bonchev–Trinajstić information content (AvgIpc) is 3.24. The Morgan fingerprint density at radius 2 is 1.93 bits per heavy atom. The molecule has 0 aliphatic heterocycles. The highest BCUT2D eigenvalue weighted by atomic mass is 16.5. The van der Waals surface area contributed by atoms with Gasteiger partial charge in [0.05, 0.1) is 11.8 Å². The van der Waals surface area contributed by atoms with E-state index in [0.29, 0.717) is 18.7 Å². The van der Waals surface area contributed by atoms with Crippen LogP contribution < -0.4 is 10.1 Å². The number of fused-ring (bicyclic) bond motifs is 1. The Kier molecular flexibility index (Phi) is 4.83. The summed E-state index contributed by atoms with van der Waals surface area (Å²) in [4.78, 5) is 16.7. The monoisotopic (exact) mass is 358 g/mol. The van der Waals surface area contributed by atoms with Crippen LogP contribution in [0.5, 0.6) is 5.75 Å². The summed E-state index contributed by atoms with van der Waals surface area (Å²) in [5, 5.41) is 3.89. The number of nitrogens with zero attached hydrogens (tertiary/aromatic N) is 1. The molecule has 0 unspecified atom stereocenters. The predicted molar refractivity (Wildman–Crippen MR) is 102 cm³/mol. The Morgan fingerprint density at radius 3 is 2.74 bits per heavy atom. The maximum absolute atomic E-state index is 12.4. The molecule has 5 heteroatoms. The molecule has 27 heavy (non-hydrogen) atoms. The summed E-state index contributed by atoms with van der Waals surface area (Å²) in [6, 6.07) is 20.6. The zero-order valence-corrected chi connectivity index (χ0v) is 14.6. The first-order valence-electron chi connectivity index (χ1n) is 8.65. The van der Waals surface area contributed by atoms with E-state index in [1.54, 1.807) is 18.5 Å². The molecule has 0 radical (unpaired) electrons. The van der Waals surface area contributed by atoms with E-state index in [9.17, 15) is 4.79 Å². The van der Waals surface area contributed by atoms with Crippen molar-refractivity contribution < 1.29 is 13.9 Å². The van der Waals surface area contributed by atoms with Crippen molar-refractivity contribution in [3.05, 3.63) is 96.1 Å². The van der Waals surface area contributed by atoms with E-state index in [1.165, 1.54) is 0 Å². The van der Waals surface area contributed by atoms with Crippen molar-refractivity contribution in [3.63, 3.8) is 0 Å². The van der Waals surface area contributed by atoms with E-state index in [2.05, 4.69) is 10.3 Å². The third kappa shape index (κ3) is 4.15. The van der Waals surface area contributed by atoms with Gasteiger partial charge in [0.1, 0.15) is 18.1 Å². The van der Waals surface area contributed by atoms with Crippen molar-refractivity contribution in [3.8, 4) is 5.75 Å². The molecule has 2 heterocycles. The molecule has 0 aliphatic carbocycles. The summed E-state index contributed by atoms with van der Waals surface area (Å²) in [7, 11) is 0. The molecule has 0 aliphatic rings. The predicted octanol–water partition coefficient (Wildman–Crippen LogP) is 4.34. The number of pyridine rings is 1. The zero-order valence-electron chi connectivity index (χ0n) is 14.6. The number of ether oxygens (including phenoxy) is 1. The number of aromatic nitrogens is 1. The van der Waals surface area contributed by atoms with Crippen molar-refractivity contribution >= 4 is 16.8 Å². The molecule has 134 valence electrons. The molecule has 0 atom stereocenters. The third-order valence-electron chi connectivity index (χ3n) is 4.20. The quantitative estimate of drug-likeness (QED) is 0.557. The van der Waals surface area contributed by atoms with Crippen molar-refractivity contribution in [2.45, 2.75) is 13.2 Å². The number of carbonyl (C=O) groups excluding carboxylic acids is 1. The van der Waals surface area contributed by atoms with Gasteiger partial charge in [-0.1, -0.05) is 18.2 Å². The highest BCUT2D eigenvalue weighted by Crippen LogP contribution is 2.16. The normalized spacial score (nSPS) is 10.7. The van der Waals surface area contributed by atoms with Gasteiger partial charge in [-0.25, -0.2) is 0 Å². The molecule has 4 rings (SSSR count). The molecule has 2 aromatic carbocycles. The highest BCUT2D eigenvalue weighted by molar-refractivity contribution is 5.97. The standard InChI is InChI=1S/C22H18N2O3/c25-22(18-7-10-21-17(13-18)3-1-11-23-21)24-14-16-5-8-19(9-6-16)27-15-20-4-2-12-26-20/h1-13H,14-15H2,(H,24,25). The lowest BCUT2D eigenvalue weighted by Gasteiger charge is -2.08. The lowest BCUT2D eigenvalue weighted by atomic mass is 10.1. The number of rotatable bonds is 6. The highest BCUT2D eigenvalue weighted by Gasteiger charge is 2.07. The summed E-state index contributed by atoms with van der Waals surface area (Å²) in [6.45, 7) is 0.836. The number of hydrogen-bond donors (Lipinski definition) is 1. The van der Waals surface area contributed by atoms with Crippen LogP contribution in [0, 0.1) is 0 Å². The lowest BCUT2D eigenvalue weighted by Crippen LogP contribution is -2.22. The molecular formula is C22H18N2O3. The molecule has 0 spiro atoms. The third-order valence-corrected chi connectivity index (χ3v) is 4.20. The van der Waals surface area contributed by atoms with Gasteiger partial charge in [0.2, 0.25) is 0 Å². The van der Waals surface area contributed by atoms with E-state index >= 15 is 0 Å². The van der Waals surface area contributed by atoms with Gasteiger partial charge in [-0.15, -0.1) is 0 Å². The van der Waals surface area contributed by atoms with Crippen molar-refractivity contribution in [2.24, 2.45) is 0 Å². The van der Waals surface area contributed by atoms with E-state index < -0.39 is 0 Å². The van der Waals surface area contributed by atoms with Crippen LogP contribution in [-0.2, 0) is 13.2 Å². The molecule has 0 fully saturated rings. The lowest BCUT2D eigenvalue weighted by molar-refractivity contribution is 0.0951. The first-order chi connectivity index (χ1) is 13.3. The van der Waals surface area contributed by atoms with Gasteiger partial charge in [-0.05, 0) is 54.1 Å². The van der Waals surface area contributed by atoms with Crippen LogP contribution in [0.15, 0.2) is 83.6 Å². The Morgan fingerprint density at radius 1 is 1.04 bits per heavy atom. The summed E-state index contributed by atoms with van der Waals surface area (Å²) < 4.78 is 10.9. The van der Waals surface area contributed by atoms with Gasteiger partial charge in [0.15, 0.2) is 0 Å². The maximum Gasteiger partial charge on any atom is 0.251 e. The van der Waals surface area contributed by atoms with Crippen molar-refractivity contribution in [1.82, 2.24) is 10.3 Å². The molecule has 0 bridgehead atoms. The van der Waals surface area contributed by atoms with Gasteiger partial charge in [0.25, 0.3) is 5.91 Å². The largest absolute Gasteiger partial charge is 0.486 e. The molecule has 4 aromatic rings. The number of nitrogens with one attached hydrogen (secondary N) is 1. The topological polar surface area (TPSA) is 64.4 Å². The van der Waals surface area contributed by atoms with Gasteiger partial charge in [-0.2, -0.15) is 0 Å². The number of carbonyl (C=O) groups is 1. The SMILES string of the molecule is O=C(NCc1ccc(OCc2ccco2)cc1)c1ccc2ncccc2c1. The molecule has 0 saturated carbocycles. The second kappa shape index (κ2) is 7.74. The number of hydrogen-bond acceptors (Lipinski definition) is 4. The summed E-state index contributed by atoms with van der Waals surface area (Å²) >= 11 is 0. The number of benzene rings is 2. The Balaban J connectivity index is 1.34. The van der Waals surface area contributed by atoms with Crippen LogP contribution in [-0.4, -0.2) is 10.9 Å². The van der Waals surface area contributed by atoms with Gasteiger partial charge >= 0.3 is 0 Å². The first kappa shape index (κ1) is 16.8.